The summed E-state index contributed by atoms with van der Waals surface area (Å²) in [6.07, 6.45) is 2.02. The predicted octanol–water partition coefficient (Wildman–Crippen LogP) is 7.83. The molecule has 0 bridgehead atoms. The van der Waals surface area contributed by atoms with Crippen LogP contribution < -0.4 is 14.2 Å². The molecule has 0 unspecified atom stereocenters. The van der Waals surface area contributed by atoms with Crippen LogP contribution in [0.15, 0.2) is 58.3 Å². The minimum Gasteiger partial charge on any atom is -0.507 e. The van der Waals surface area contributed by atoms with Crippen molar-refractivity contribution in [2.24, 2.45) is 0 Å². The van der Waals surface area contributed by atoms with E-state index < -0.39 is 41.0 Å². The maximum Gasteiger partial charge on any atom is 0.356 e. The third-order valence-corrected chi connectivity index (χ3v) is 11.4. The highest BCUT2D eigenvalue weighted by Gasteiger charge is 2.48. The maximum atomic E-state index is 14.1. The van der Waals surface area contributed by atoms with E-state index in [9.17, 15) is 44.4 Å². The van der Waals surface area contributed by atoms with Crippen molar-refractivity contribution in [2.45, 2.75) is 67.9 Å². The Morgan fingerprint density at radius 1 is 0.690 bits per heavy atom. The monoisotopic (exact) mass is 856 g/mol. The van der Waals surface area contributed by atoms with E-state index in [1.165, 1.54) is 40.0 Å². The highest BCUT2D eigenvalue weighted by Crippen LogP contribution is 2.46. The Morgan fingerprint density at radius 3 is 1.86 bits per heavy atom. The number of esters is 3. The average molecular weight is 858 g/mol. The number of carbonyl (C=O) groups is 5. The minimum absolute atomic E-state index is 0.0198. The van der Waals surface area contributed by atoms with Crippen LogP contribution in [0.25, 0.3) is 11.1 Å². The van der Waals surface area contributed by atoms with Crippen LogP contribution in [0.1, 0.15) is 82.5 Å². The molecular weight excluding hydrogens is 816 g/mol. The lowest BCUT2D eigenvalue weighted by atomic mass is 9.87. The van der Waals surface area contributed by atoms with Gasteiger partial charge in [0.25, 0.3) is 0 Å². The number of benzene rings is 4. The van der Waals surface area contributed by atoms with Gasteiger partial charge in [0.1, 0.15) is 38.8 Å². The zero-order valence-electron chi connectivity index (χ0n) is 33.4. The van der Waals surface area contributed by atoms with Gasteiger partial charge in [-0.2, -0.15) is 0 Å². The first kappa shape index (κ1) is 42.9. The second kappa shape index (κ2) is 15.9. The summed E-state index contributed by atoms with van der Waals surface area (Å²) in [4.78, 5) is 65.6. The van der Waals surface area contributed by atoms with Crippen molar-refractivity contribution in [3.8, 4) is 39.9 Å². The molecule has 0 spiro atoms. The van der Waals surface area contributed by atoms with Crippen molar-refractivity contribution in [1.29, 1.82) is 0 Å². The van der Waals surface area contributed by atoms with Crippen LogP contribution in [0.4, 0.5) is 0 Å². The molecule has 13 nitrogen and oxygen atoms in total. The lowest BCUT2D eigenvalue weighted by Gasteiger charge is -2.30. The number of ketones is 1. The number of carbonyl (C=O) groups excluding carboxylic acids is 4. The summed E-state index contributed by atoms with van der Waals surface area (Å²) in [5.74, 6) is -5.85. The molecule has 0 aromatic heterocycles. The Labute approximate surface area is 342 Å². The summed E-state index contributed by atoms with van der Waals surface area (Å²) in [5, 5.41) is 43.4. The van der Waals surface area contributed by atoms with Gasteiger partial charge in [-0.25, -0.2) is 19.2 Å². The number of hydrogen-bond donors (Lipinski definition) is 4. The van der Waals surface area contributed by atoms with Crippen molar-refractivity contribution in [3.05, 3.63) is 119 Å². The number of methoxy groups -OCH3 is 1. The molecule has 1 atom stereocenters. The number of phenols is 2. The van der Waals surface area contributed by atoms with Crippen molar-refractivity contribution in [2.75, 3.05) is 7.11 Å². The van der Waals surface area contributed by atoms with E-state index in [-0.39, 0.29) is 77.7 Å². The van der Waals surface area contributed by atoms with Crippen LogP contribution in [-0.2, 0) is 14.3 Å². The Hall–Kier alpha value is -6.25. The molecular formula is C44H41BrO13. The molecule has 1 aliphatic carbocycles. The van der Waals surface area contributed by atoms with Crippen LogP contribution in [0.5, 0.6) is 28.7 Å². The fraction of sp³-hybridized carbons (Fsp3) is 0.250. The van der Waals surface area contributed by atoms with E-state index in [1.54, 1.807) is 59.7 Å². The number of aryl methyl sites for hydroxylation is 1. The van der Waals surface area contributed by atoms with Crippen molar-refractivity contribution >= 4 is 45.6 Å². The summed E-state index contributed by atoms with van der Waals surface area (Å²) >= 11 is 3.21. The van der Waals surface area contributed by atoms with Gasteiger partial charge in [0.15, 0.2) is 11.5 Å². The van der Waals surface area contributed by atoms with Crippen molar-refractivity contribution in [3.63, 3.8) is 0 Å². The van der Waals surface area contributed by atoms with Gasteiger partial charge in [0, 0.05) is 17.2 Å². The number of phenolic OH excluding ortho intramolecular Hbond substituents is 2. The molecule has 302 valence electrons. The zero-order chi connectivity index (χ0) is 43.3. The van der Waals surface area contributed by atoms with E-state index in [0.717, 1.165) is 12.2 Å². The number of rotatable bonds is 9. The number of halogens is 1. The molecule has 0 amide bonds. The largest absolute Gasteiger partial charge is 0.507 e. The van der Waals surface area contributed by atoms with E-state index in [4.69, 9.17) is 18.9 Å². The number of allylic oxidation sites excluding steroid dienone is 2. The molecule has 14 heteroatoms. The first-order valence-corrected chi connectivity index (χ1v) is 18.5. The lowest BCUT2D eigenvalue weighted by Crippen LogP contribution is -2.47. The fourth-order valence-corrected chi connectivity index (χ4v) is 7.63. The molecule has 0 heterocycles. The summed E-state index contributed by atoms with van der Waals surface area (Å²) in [6, 6.07) is 7.79. The van der Waals surface area contributed by atoms with Gasteiger partial charge in [-0.15, -0.1) is 0 Å². The number of ether oxygens (including phenoxy) is 4. The highest BCUT2D eigenvalue weighted by atomic mass is 79.9. The second-order valence-electron chi connectivity index (χ2n) is 14.0. The Balaban J connectivity index is 1.49. The van der Waals surface area contributed by atoms with E-state index in [1.807, 2.05) is 0 Å². The number of hydrogen-bond acceptors (Lipinski definition) is 12. The SMILES string of the molecule is COC1=CC(=O)C=C(C)[C@]1(O)C(=O)Oc1c(C)c(C)c(C(=O)Oc2cc(C)c(C(=O)Oc3c(C)c(C)c(C(=O)O)c(C)c3-c3ccccc3O)c(C)c2C)c(O)c1Br. The minimum atomic E-state index is -2.45. The van der Waals surface area contributed by atoms with Gasteiger partial charge in [-0.1, -0.05) is 18.2 Å². The molecule has 0 fully saturated rings. The van der Waals surface area contributed by atoms with Gasteiger partial charge in [0.05, 0.1) is 18.2 Å². The van der Waals surface area contributed by atoms with E-state index in [0.29, 0.717) is 33.4 Å². The lowest BCUT2D eigenvalue weighted by molar-refractivity contribution is -0.151. The highest BCUT2D eigenvalue weighted by molar-refractivity contribution is 9.10. The molecule has 0 radical (unpaired) electrons. The average Bonchev–Trinajstić information content (AvgIpc) is 3.15. The molecule has 4 N–H and O–H groups in total. The maximum absolute atomic E-state index is 14.1. The van der Waals surface area contributed by atoms with Gasteiger partial charge in [-0.05, 0) is 147 Å². The fourth-order valence-electron chi connectivity index (χ4n) is 7.05. The molecule has 58 heavy (non-hydrogen) atoms. The molecule has 0 saturated carbocycles. The number of para-hydroxylation sites is 1. The first-order chi connectivity index (χ1) is 27.1. The van der Waals surface area contributed by atoms with Gasteiger partial charge in [-0.3, -0.25) is 4.79 Å². The third-order valence-electron chi connectivity index (χ3n) is 10.7. The third kappa shape index (κ3) is 7.13. The second-order valence-corrected chi connectivity index (χ2v) is 14.8. The molecule has 0 aliphatic heterocycles. The number of aromatic carboxylic acids is 1. The number of carboxylic acid groups (broad SMARTS) is 1. The molecule has 4 aromatic carbocycles. The zero-order valence-corrected chi connectivity index (χ0v) is 35.0. The van der Waals surface area contributed by atoms with Crippen LogP contribution in [0.3, 0.4) is 0 Å². The Bertz CT molecular complexity index is 2530. The van der Waals surface area contributed by atoms with E-state index in [2.05, 4.69) is 15.9 Å². The van der Waals surface area contributed by atoms with Gasteiger partial charge in [0.2, 0.25) is 5.60 Å². The molecule has 4 aromatic rings. The summed E-state index contributed by atoms with van der Waals surface area (Å²) in [6.45, 7) is 14.1. The quantitative estimate of drug-likeness (QED) is 0.0938. The van der Waals surface area contributed by atoms with Crippen LogP contribution >= 0.6 is 15.9 Å². The topological polar surface area (TPSA) is 203 Å². The van der Waals surface area contributed by atoms with Crippen LogP contribution in [-0.4, -0.2) is 62.8 Å². The number of aromatic hydroxyl groups is 2. The van der Waals surface area contributed by atoms with Gasteiger partial charge < -0.3 is 39.4 Å². The summed E-state index contributed by atoms with van der Waals surface area (Å²) < 4.78 is 22.4. The molecule has 0 saturated heterocycles. The van der Waals surface area contributed by atoms with Gasteiger partial charge >= 0.3 is 23.9 Å². The van der Waals surface area contributed by atoms with Crippen LogP contribution in [0.2, 0.25) is 0 Å². The van der Waals surface area contributed by atoms with Crippen molar-refractivity contribution < 1.29 is 63.3 Å². The molecule has 5 rings (SSSR count). The number of carboxylic acids is 1. The Morgan fingerprint density at radius 2 is 1.26 bits per heavy atom. The smallest absolute Gasteiger partial charge is 0.356 e. The molecule has 1 aliphatic rings. The summed E-state index contributed by atoms with van der Waals surface area (Å²) in [7, 11) is 1.18. The number of aliphatic hydroxyl groups is 1. The summed E-state index contributed by atoms with van der Waals surface area (Å²) in [5.41, 5.74) is 0.553. The Kier molecular flexibility index (Phi) is 11.8. The van der Waals surface area contributed by atoms with Crippen molar-refractivity contribution in [1.82, 2.24) is 0 Å². The standard InChI is InChI=1S/C44H41BrO13/c1-18-15-30(56-42(52)35-23(6)25(8)39(36(45)37(35)48)58-43(53)44(54)19(2)16-27(46)17-31(44)55-10)20(3)21(4)32(18)41(51)57-38-24(7)22(5)33(40(49)50)26(9)34(38)28-13-11-12-14-29(28)47/h11-17,47-48,54H,1-10H3,(H,49,50)/t44-/m1/s1. The first-order valence-electron chi connectivity index (χ1n) is 17.8. The predicted molar refractivity (Wildman–Crippen MR) is 215 cm³/mol. The normalized spacial score (nSPS) is 15.0. The van der Waals surface area contributed by atoms with Crippen LogP contribution in [0, 0.1) is 55.4 Å². The van der Waals surface area contributed by atoms with E-state index >= 15 is 0 Å².